The summed E-state index contributed by atoms with van der Waals surface area (Å²) in [7, 11) is 1.55. The van der Waals surface area contributed by atoms with Crippen LogP contribution in [0.4, 0.5) is 0 Å². The maximum Gasteiger partial charge on any atom is 0.273 e. The highest BCUT2D eigenvalue weighted by atomic mass is 16.5. The molecule has 1 atom stereocenters. The lowest BCUT2D eigenvalue weighted by atomic mass is 10.1. The molecule has 1 saturated carbocycles. The van der Waals surface area contributed by atoms with Gasteiger partial charge < -0.3 is 19.7 Å². The number of carbonyl (C=O) groups is 1. The van der Waals surface area contributed by atoms with Gasteiger partial charge in [-0.25, -0.2) is 0 Å². The van der Waals surface area contributed by atoms with E-state index in [9.17, 15) is 4.79 Å². The molecule has 0 saturated heterocycles. The van der Waals surface area contributed by atoms with Gasteiger partial charge in [0.2, 0.25) is 0 Å². The van der Waals surface area contributed by atoms with Gasteiger partial charge in [0.15, 0.2) is 11.5 Å². The Morgan fingerprint density at radius 2 is 2.50 bits per heavy atom. The number of hydrogen-bond acceptors (Lipinski definition) is 5. The third kappa shape index (κ3) is 3.30. The molecule has 1 fully saturated rings. The van der Waals surface area contributed by atoms with Crippen LogP contribution in [0, 0.1) is 5.92 Å². The predicted molar refractivity (Wildman–Crippen MR) is 62.9 cm³/mol. The largest absolute Gasteiger partial charge is 0.396 e. The van der Waals surface area contributed by atoms with E-state index < -0.39 is 0 Å². The van der Waals surface area contributed by atoms with Crippen LogP contribution in [0.25, 0.3) is 0 Å². The molecule has 1 amide bonds. The molecule has 100 valence electrons. The molecule has 18 heavy (non-hydrogen) atoms. The van der Waals surface area contributed by atoms with Crippen molar-refractivity contribution in [3.8, 4) is 0 Å². The zero-order valence-electron chi connectivity index (χ0n) is 10.4. The van der Waals surface area contributed by atoms with Crippen LogP contribution in [0.5, 0.6) is 0 Å². The normalized spacial score (nSPS) is 16.6. The minimum absolute atomic E-state index is 0.0325. The highest BCUT2D eigenvalue weighted by molar-refractivity contribution is 5.92. The molecule has 1 aromatic heterocycles. The van der Waals surface area contributed by atoms with Gasteiger partial charge in [-0.3, -0.25) is 4.79 Å². The second kappa shape index (κ2) is 5.97. The fraction of sp³-hybridized carbons (Fsp3) is 0.667. The van der Waals surface area contributed by atoms with Gasteiger partial charge in [0.1, 0.15) is 6.61 Å². The summed E-state index contributed by atoms with van der Waals surface area (Å²) in [5.74, 6) is 0.755. The number of aliphatic hydroxyl groups is 1. The van der Waals surface area contributed by atoms with E-state index in [-0.39, 0.29) is 24.2 Å². The number of rotatable bonds is 7. The average molecular weight is 254 g/mol. The first-order valence-corrected chi connectivity index (χ1v) is 6.11. The molecule has 6 heteroatoms. The Bertz CT molecular complexity index is 401. The minimum Gasteiger partial charge on any atom is -0.396 e. The molecule has 6 nitrogen and oxygen atoms in total. The van der Waals surface area contributed by atoms with Crippen molar-refractivity contribution < 1.29 is 19.2 Å². The molecule has 0 aromatic carbocycles. The third-order valence-electron chi connectivity index (χ3n) is 3.03. The van der Waals surface area contributed by atoms with Crippen molar-refractivity contribution in [2.75, 3.05) is 13.7 Å². The maximum atomic E-state index is 11.9. The summed E-state index contributed by atoms with van der Waals surface area (Å²) in [5.41, 5.74) is 0.255. The SMILES string of the molecule is COCc1cc(C(=O)NC(CCO)C2CC2)no1. The zero-order chi connectivity index (χ0) is 13.0. The molecule has 1 aliphatic rings. The molecule has 0 aliphatic heterocycles. The number of aromatic nitrogens is 1. The monoisotopic (exact) mass is 254 g/mol. The molecule has 1 heterocycles. The lowest BCUT2D eigenvalue weighted by molar-refractivity contribution is 0.0914. The van der Waals surface area contributed by atoms with Crippen molar-refractivity contribution in [1.29, 1.82) is 0 Å². The van der Waals surface area contributed by atoms with Gasteiger partial charge in [-0.1, -0.05) is 5.16 Å². The van der Waals surface area contributed by atoms with E-state index in [1.807, 2.05) is 0 Å². The van der Waals surface area contributed by atoms with Crippen LogP contribution in [0.2, 0.25) is 0 Å². The summed E-state index contributed by atoms with van der Waals surface area (Å²) < 4.78 is 9.85. The second-order valence-electron chi connectivity index (χ2n) is 4.54. The standard InChI is InChI=1S/C12H18N2O4/c1-17-7-9-6-11(14-18-9)12(16)13-10(4-5-15)8-2-3-8/h6,8,10,15H,2-5,7H2,1H3,(H,13,16). The first-order chi connectivity index (χ1) is 8.74. The van der Waals surface area contributed by atoms with Crippen LogP contribution in [-0.2, 0) is 11.3 Å². The van der Waals surface area contributed by atoms with Crippen molar-refractivity contribution in [1.82, 2.24) is 10.5 Å². The summed E-state index contributed by atoms with van der Waals surface area (Å²) in [6, 6.07) is 1.60. The van der Waals surface area contributed by atoms with Crippen molar-refractivity contribution in [3.63, 3.8) is 0 Å². The molecule has 1 aromatic rings. The van der Waals surface area contributed by atoms with Crippen LogP contribution in [-0.4, -0.2) is 35.9 Å². The highest BCUT2D eigenvalue weighted by Crippen LogP contribution is 2.34. The number of carbonyl (C=O) groups excluding carboxylic acids is 1. The summed E-state index contributed by atoms with van der Waals surface area (Å²) in [5, 5.41) is 15.6. The van der Waals surface area contributed by atoms with E-state index in [4.69, 9.17) is 14.4 Å². The van der Waals surface area contributed by atoms with Crippen molar-refractivity contribution >= 4 is 5.91 Å². The lowest BCUT2D eigenvalue weighted by Gasteiger charge is -2.15. The van der Waals surface area contributed by atoms with E-state index in [0.29, 0.717) is 24.7 Å². The molecule has 1 aliphatic carbocycles. The maximum absolute atomic E-state index is 11.9. The first kappa shape index (κ1) is 13.0. The van der Waals surface area contributed by atoms with Crippen LogP contribution in [0.3, 0.4) is 0 Å². The Balaban J connectivity index is 1.92. The lowest BCUT2D eigenvalue weighted by Crippen LogP contribution is -2.37. The molecular weight excluding hydrogens is 236 g/mol. The quantitative estimate of drug-likeness (QED) is 0.748. The summed E-state index contributed by atoms with van der Waals surface area (Å²) in [6.45, 7) is 0.373. The fourth-order valence-corrected chi connectivity index (χ4v) is 1.94. The topological polar surface area (TPSA) is 84.6 Å². The van der Waals surface area contributed by atoms with Gasteiger partial charge in [-0.2, -0.15) is 0 Å². The Labute approximate surface area is 105 Å². The third-order valence-corrected chi connectivity index (χ3v) is 3.03. The fourth-order valence-electron chi connectivity index (χ4n) is 1.94. The number of nitrogens with one attached hydrogen (secondary N) is 1. The first-order valence-electron chi connectivity index (χ1n) is 6.11. The summed E-state index contributed by atoms with van der Waals surface area (Å²) in [6.07, 6.45) is 2.80. The number of amides is 1. The summed E-state index contributed by atoms with van der Waals surface area (Å²) in [4.78, 5) is 11.9. The molecule has 0 bridgehead atoms. The number of methoxy groups -OCH3 is 1. The number of nitrogens with zero attached hydrogens (tertiary/aromatic N) is 1. The Morgan fingerprint density at radius 3 is 3.11 bits per heavy atom. The van der Waals surface area contributed by atoms with Gasteiger partial charge in [0.25, 0.3) is 5.91 Å². The molecule has 0 radical (unpaired) electrons. The number of hydrogen-bond donors (Lipinski definition) is 2. The highest BCUT2D eigenvalue weighted by Gasteiger charge is 2.32. The van der Waals surface area contributed by atoms with Crippen LogP contribution >= 0.6 is 0 Å². The van der Waals surface area contributed by atoms with Crippen molar-refractivity contribution in [2.45, 2.75) is 31.9 Å². The number of ether oxygens (including phenoxy) is 1. The number of aliphatic hydroxyl groups excluding tert-OH is 1. The summed E-state index contributed by atoms with van der Waals surface area (Å²) >= 11 is 0. The van der Waals surface area contributed by atoms with E-state index in [0.717, 1.165) is 12.8 Å². The molecular formula is C12H18N2O4. The molecule has 2 N–H and O–H groups in total. The van der Waals surface area contributed by atoms with Gasteiger partial charge in [-0.05, 0) is 25.2 Å². The average Bonchev–Trinajstić information content (AvgIpc) is 3.09. The van der Waals surface area contributed by atoms with Crippen LogP contribution in [0.1, 0.15) is 35.5 Å². The van der Waals surface area contributed by atoms with Crippen LogP contribution in [0.15, 0.2) is 10.6 Å². The molecule has 1 unspecified atom stereocenters. The van der Waals surface area contributed by atoms with E-state index in [1.54, 1.807) is 13.2 Å². The minimum atomic E-state index is -0.258. The van der Waals surface area contributed by atoms with Gasteiger partial charge in [0.05, 0.1) is 0 Å². The van der Waals surface area contributed by atoms with Gasteiger partial charge >= 0.3 is 0 Å². The Morgan fingerprint density at radius 1 is 1.72 bits per heavy atom. The zero-order valence-corrected chi connectivity index (χ0v) is 10.4. The molecule has 2 rings (SSSR count). The smallest absolute Gasteiger partial charge is 0.273 e. The van der Waals surface area contributed by atoms with Crippen LogP contribution < -0.4 is 5.32 Å². The van der Waals surface area contributed by atoms with Gasteiger partial charge in [0, 0.05) is 25.8 Å². The van der Waals surface area contributed by atoms with E-state index >= 15 is 0 Å². The van der Waals surface area contributed by atoms with Crippen molar-refractivity contribution in [2.24, 2.45) is 5.92 Å². The Hall–Kier alpha value is -1.40. The van der Waals surface area contributed by atoms with E-state index in [2.05, 4.69) is 10.5 Å². The van der Waals surface area contributed by atoms with E-state index in [1.165, 1.54) is 0 Å². The van der Waals surface area contributed by atoms with Crippen molar-refractivity contribution in [3.05, 3.63) is 17.5 Å². The Kier molecular flexibility index (Phi) is 4.33. The second-order valence-corrected chi connectivity index (χ2v) is 4.54. The molecule has 0 spiro atoms. The van der Waals surface area contributed by atoms with Gasteiger partial charge in [-0.15, -0.1) is 0 Å². The predicted octanol–water partition coefficient (Wildman–Crippen LogP) is 0.712.